The van der Waals surface area contributed by atoms with E-state index in [1.165, 1.54) is 6.07 Å². The molecule has 1 saturated heterocycles. The number of hydrogen-bond donors (Lipinski definition) is 1. The number of alkyl halides is 3. The normalized spacial score (nSPS) is 26.2. The van der Waals surface area contributed by atoms with Crippen molar-refractivity contribution in [2.24, 2.45) is 5.41 Å². The van der Waals surface area contributed by atoms with E-state index < -0.39 is 56.9 Å². The highest BCUT2D eigenvalue weighted by Gasteiger charge is 2.70. The Kier molecular flexibility index (Phi) is 5.53. The second-order valence-electron chi connectivity index (χ2n) is 8.47. The van der Waals surface area contributed by atoms with Crippen molar-refractivity contribution < 1.29 is 31.4 Å². The molecule has 172 valence electrons. The number of nitrogens with one attached hydrogen (secondary N) is 1. The summed E-state index contributed by atoms with van der Waals surface area (Å²) >= 11 is 5.98. The second kappa shape index (κ2) is 7.70. The number of rotatable bonds is 5. The summed E-state index contributed by atoms with van der Waals surface area (Å²) in [5.74, 6) is -2.62. The summed E-state index contributed by atoms with van der Waals surface area (Å²) in [6, 6.07) is 3.88. The first kappa shape index (κ1) is 23.0. The van der Waals surface area contributed by atoms with E-state index in [1.54, 1.807) is 0 Å². The van der Waals surface area contributed by atoms with Crippen LogP contribution in [0.3, 0.4) is 0 Å². The third-order valence-electron chi connectivity index (χ3n) is 6.27. The zero-order valence-electron chi connectivity index (χ0n) is 16.5. The third-order valence-corrected chi connectivity index (χ3v) is 8.43. The molecular weight excluding hydrogens is 474 g/mol. The molecule has 32 heavy (non-hydrogen) atoms. The van der Waals surface area contributed by atoms with Gasteiger partial charge in [-0.3, -0.25) is 13.8 Å². The maximum Gasteiger partial charge on any atom is 0.403 e. The van der Waals surface area contributed by atoms with Gasteiger partial charge in [0.1, 0.15) is 22.8 Å². The minimum absolute atomic E-state index is 0.0687. The van der Waals surface area contributed by atoms with Crippen molar-refractivity contribution in [3.63, 3.8) is 0 Å². The van der Waals surface area contributed by atoms with Gasteiger partial charge >= 0.3 is 6.18 Å². The third kappa shape index (κ3) is 3.88. The molecule has 0 radical (unpaired) electrons. The van der Waals surface area contributed by atoms with Gasteiger partial charge in [-0.25, -0.2) is 4.39 Å². The molecule has 6 nitrogen and oxygen atoms in total. The lowest BCUT2D eigenvalue weighted by Crippen LogP contribution is -2.53. The van der Waals surface area contributed by atoms with Gasteiger partial charge in [0.25, 0.3) is 0 Å². The highest BCUT2D eigenvalue weighted by Crippen LogP contribution is 2.59. The van der Waals surface area contributed by atoms with Crippen molar-refractivity contribution in [3.05, 3.63) is 29.0 Å². The molecule has 1 aromatic carbocycles. The minimum Gasteiger partial charge on any atom is -0.336 e. The summed E-state index contributed by atoms with van der Waals surface area (Å²) in [6.45, 7) is -0.353. The van der Waals surface area contributed by atoms with Gasteiger partial charge in [0, 0.05) is 6.54 Å². The van der Waals surface area contributed by atoms with E-state index in [2.05, 4.69) is 5.32 Å². The Hall–Kier alpha value is -2.19. The largest absolute Gasteiger partial charge is 0.403 e. The molecule has 1 heterocycles. The Labute approximate surface area is 188 Å². The van der Waals surface area contributed by atoms with Crippen molar-refractivity contribution >= 4 is 34.2 Å². The fraction of sp³-hybridized carbons (Fsp3) is 0.550. The summed E-state index contributed by atoms with van der Waals surface area (Å²) in [5.41, 5.74) is -3.62. The quantitative estimate of drug-likeness (QED) is 0.641. The van der Waals surface area contributed by atoms with E-state index in [-0.39, 0.29) is 35.7 Å². The smallest absolute Gasteiger partial charge is 0.336 e. The predicted octanol–water partition coefficient (Wildman–Crippen LogP) is 3.07. The van der Waals surface area contributed by atoms with Crippen molar-refractivity contribution in [3.8, 4) is 6.07 Å². The van der Waals surface area contributed by atoms with Gasteiger partial charge in [0.2, 0.25) is 11.8 Å². The zero-order valence-corrected chi connectivity index (χ0v) is 18.1. The summed E-state index contributed by atoms with van der Waals surface area (Å²) in [5, 5.41) is 10.7. The van der Waals surface area contributed by atoms with E-state index in [0.29, 0.717) is 12.8 Å². The Morgan fingerprint density at radius 2 is 1.91 bits per heavy atom. The van der Waals surface area contributed by atoms with Crippen LogP contribution in [-0.4, -0.2) is 50.5 Å². The average Bonchev–Trinajstić information content (AvgIpc) is 3.63. The highest BCUT2D eigenvalue weighted by molar-refractivity contribution is 7.85. The molecule has 2 saturated carbocycles. The summed E-state index contributed by atoms with van der Waals surface area (Å²) in [6.07, 6.45) is -4.88. The Morgan fingerprint density at radius 3 is 2.41 bits per heavy atom. The number of hydrogen-bond acceptors (Lipinski definition) is 4. The van der Waals surface area contributed by atoms with Crippen LogP contribution in [0, 0.1) is 22.6 Å². The van der Waals surface area contributed by atoms with E-state index >= 15 is 0 Å². The molecule has 1 aliphatic heterocycles. The van der Waals surface area contributed by atoms with Gasteiger partial charge in [-0.05, 0) is 50.3 Å². The molecule has 1 aromatic rings. The van der Waals surface area contributed by atoms with Crippen LogP contribution in [0.25, 0.3) is 0 Å². The first-order chi connectivity index (χ1) is 14.9. The molecule has 0 spiro atoms. The average molecular weight is 492 g/mol. The molecule has 2 aliphatic carbocycles. The van der Waals surface area contributed by atoms with E-state index in [0.717, 1.165) is 17.0 Å². The number of amides is 2. The highest BCUT2D eigenvalue weighted by atomic mass is 35.5. The molecule has 3 aliphatic rings. The summed E-state index contributed by atoms with van der Waals surface area (Å²) < 4.78 is 67.2. The maximum atomic E-state index is 13.6. The van der Waals surface area contributed by atoms with Crippen molar-refractivity contribution in [1.29, 1.82) is 5.26 Å². The molecule has 0 bridgehead atoms. The van der Waals surface area contributed by atoms with Gasteiger partial charge in [-0.15, -0.1) is 0 Å². The second-order valence-corrected chi connectivity index (χ2v) is 10.6. The molecule has 4 rings (SSSR count). The molecule has 3 atom stereocenters. The van der Waals surface area contributed by atoms with Crippen LogP contribution < -0.4 is 5.32 Å². The van der Waals surface area contributed by atoms with E-state index in [4.69, 9.17) is 11.6 Å². The molecule has 12 heteroatoms. The first-order valence-corrected chi connectivity index (χ1v) is 11.5. The van der Waals surface area contributed by atoms with Gasteiger partial charge < -0.3 is 10.2 Å². The maximum absolute atomic E-state index is 13.6. The van der Waals surface area contributed by atoms with Crippen molar-refractivity contribution in [2.75, 3.05) is 6.54 Å². The van der Waals surface area contributed by atoms with Gasteiger partial charge in [0.15, 0.2) is 0 Å². The van der Waals surface area contributed by atoms with Gasteiger partial charge in [0.05, 0.1) is 32.0 Å². The Balaban J connectivity index is 1.62. The minimum atomic E-state index is -4.77. The van der Waals surface area contributed by atoms with Crippen LogP contribution in [0.15, 0.2) is 23.1 Å². The molecule has 0 aromatic heterocycles. The zero-order chi connectivity index (χ0) is 23.5. The Morgan fingerprint density at radius 1 is 1.25 bits per heavy atom. The molecule has 1 N–H and O–H groups in total. The van der Waals surface area contributed by atoms with Crippen LogP contribution >= 0.6 is 11.6 Å². The number of likely N-dealkylation sites (tertiary alicyclic amines) is 1. The number of benzene rings is 1. The number of halogens is 5. The summed E-state index contributed by atoms with van der Waals surface area (Å²) in [7, 11) is -1.91. The first-order valence-electron chi connectivity index (χ1n) is 9.90. The van der Waals surface area contributed by atoms with Crippen LogP contribution in [0.4, 0.5) is 17.6 Å². The van der Waals surface area contributed by atoms with Gasteiger partial charge in [-0.2, -0.15) is 18.4 Å². The fourth-order valence-electron chi connectivity index (χ4n) is 3.97. The lowest BCUT2D eigenvalue weighted by atomic mass is 10.0. The van der Waals surface area contributed by atoms with Crippen molar-refractivity contribution in [1.82, 2.24) is 10.2 Å². The predicted molar refractivity (Wildman–Crippen MR) is 105 cm³/mol. The topological polar surface area (TPSA) is 90.3 Å². The number of nitrogens with zero attached hydrogens (tertiary/aromatic N) is 2. The van der Waals surface area contributed by atoms with E-state index in [9.17, 15) is 36.6 Å². The van der Waals surface area contributed by atoms with Crippen LogP contribution in [0.5, 0.6) is 0 Å². The molecule has 2 amide bonds. The number of nitriles is 1. The SMILES string of the molecule is N#CC1(NC(=O)[C@@H]2CC(S(=O)c3ccc(F)cc3Cl)CN2C(=O)C2(C(F)(F)F)CC2)CC1. The van der Waals surface area contributed by atoms with Gasteiger partial charge in [-0.1, -0.05) is 11.6 Å². The standard InChI is InChI=1S/C20H18ClF4N3O3S/c21-13-7-11(22)1-2-15(13)32(31)12-8-14(16(29)27-18(10-26)3-4-18)28(9-12)17(30)19(5-6-19)20(23,24)25/h1-2,7,12,14H,3-6,8-9H2,(H,27,29)/t12?,14-,32?/m0/s1. The number of carbonyl (C=O) groups excluding carboxylic acids is 2. The molecular formula is C20H18ClF4N3O3S. The van der Waals surface area contributed by atoms with E-state index in [1.807, 2.05) is 6.07 Å². The lowest BCUT2D eigenvalue weighted by Gasteiger charge is -2.29. The molecule has 2 unspecified atom stereocenters. The van der Waals surface area contributed by atoms with Crippen LogP contribution in [0.2, 0.25) is 5.02 Å². The number of carbonyl (C=O) groups is 2. The summed E-state index contributed by atoms with van der Waals surface area (Å²) in [4.78, 5) is 26.7. The van der Waals surface area contributed by atoms with Crippen LogP contribution in [0.1, 0.15) is 32.1 Å². The van der Waals surface area contributed by atoms with Crippen LogP contribution in [-0.2, 0) is 20.4 Å². The van der Waals surface area contributed by atoms with Crippen molar-refractivity contribution in [2.45, 2.75) is 60.0 Å². The monoisotopic (exact) mass is 491 g/mol. The lowest BCUT2D eigenvalue weighted by molar-refractivity contribution is -0.199. The molecule has 3 fully saturated rings. The Bertz CT molecular complexity index is 1050. The fourth-order valence-corrected chi connectivity index (χ4v) is 5.83.